The Kier molecular flexibility index (Phi) is 8.21. The van der Waals surface area contributed by atoms with Crippen molar-refractivity contribution < 1.29 is 4.79 Å². The second-order valence-corrected chi connectivity index (χ2v) is 7.09. The van der Waals surface area contributed by atoms with Gasteiger partial charge in [-0.15, -0.1) is 24.2 Å². The van der Waals surface area contributed by atoms with E-state index >= 15 is 0 Å². The predicted octanol–water partition coefficient (Wildman–Crippen LogP) is 3.76. The largest absolute Gasteiger partial charge is 0.352 e. The van der Waals surface area contributed by atoms with Gasteiger partial charge in [-0.2, -0.15) is 0 Å². The molecule has 0 saturated carbocycles. The molecule has 2 N–H and O–H groups in total. The van der Waals surface area contributed by atoms with Crippen LogP contribution in [0.2, 0.25) is 10.0 Å². The highest BCUT2D eigenvalue weighted by atomic mass is 35.5. The highest BCUT2D eigenvalue weighted by molar-refractivity contribution is 8.00. The molecular weight excluding hydrogens is 351 g/mol. The van der Waals surface area contributed by atoms with Gasteiger partial charge in [-0.3, -0.25) is 4.79 Å². The zero-order chi connectivity index (χ0) is 14.5. The fourth-order valence-corrected chi connectivity index (χ4v) is 3.52. The Morgan fingerprint density at radius 3 is 2.71 bits per heavy atom. The first kappa shape index (κ1) is 18.9. The molecule has 1 amide bonds. The summed E-state index contributed by atoms with van der Waals surface area (Å²) >= 11 is 13.5. The third kappa shape index (κ3) is 5.87. The molecule has 0 aromatic heterocycles. The SMILES string of the molecule is CC(Sc1cc(Cl)ccc1Cl)C(=O)NC1CCNCC1.Cl. The van der Waals surface area contributed by atoms with Gasteiger partial charge in [0.15, 0.2) is 0 Å². The number of carbonyl (C=O) groups excluding carboxylic acids is 1. The average molecular weight is 370 g/mol. The molecule has 0 spiro atoms. The maximum atomic E-state index is 12.2. The van der Waals surface area contributed by atoms with Crippen LogP contribution in [0.3, 0.4) is 0 Å². The Morgan fingerprint density at radius 1 is 1.38 bits per heavy atom. The topological polar surface area (TPSA) is 41.1 Å². The molecule has 2 rings (SSSR count). The molecule has 0 aliphatic carbocycles. The van der Waals surface area contributed by atoms with Gasteiger partial charge in [0.05, 0.1) is 10.3 Å². The Labute approximate surface area is 145 Å². The summed E-state index contributed by atoms with van der Waals surface area (Å²) < 4.78 is 0. The van der Waals surface area contributed by atoms with E-state index in [0.717, 1.165) is 30.8 Å². The molecule has 21 heavy (non-hydrogen) atoms. The van der Waals surface area contributed by atoms with Gasteiger partial charge in [-0.25, -0.2) is 0 Å². The second kappa shape index (κ2) is 9.11. The number of benzene rings is 1. The molecule has 0 radical (unpaired) electrons. The zero-order valence-electron chi connectivity index (χ0n) is 11.7. The Hall–Kier alpha value is -0.130. The van der Waals surface area contributed by atoms with Crippen LogP contribution in [0, 0.1) is 0 Å². The number of carbonyl (C=O) groups is 1. The average Bonchev–Trinajstić information content (AvgIpc) is 2.44. The predicted molar refractivity (Wildman–Crippen MR) is 93.1 cm³/mol. The van der Waals surface area contributed by atoms with Crippen LogP contribution in [0.25, 0.3) is 0 Å². The molecule has 1 aliphatic rings. The van der Waals surface area contributed by atoms with Gasteiger partial charge < -0.3 is 10.6 Å². The minimum atomic E-state index is -0.194. The third-order valence-electron chi connectivity index (χ3n) is 3.25. The molecule has 1 atom stereocenters. The Balaban J connectivity index is 0.00000220. The highest BCUT2D eigenvalue weighted by Gasteiger charge is 2.20. The molecule has 118 valence electrons. The van der Waals surface area contributed by atoms with E-state index in [1.54, 1.807) is 18.2 Å². The lowest BCUT2D eigenvalue weighted by Crippen LogP contribution is -2.45. The van der Waals surface area contributed by atoms with E-state index in [1.807, 2.05) is 6.92 Å². The van der Waals surface area contributed by atoms with Crippen LogP contribution >= 0.6 is 47.4 Å². The van der Waals surface area contributed by atoms with Crippen molar-refractivity contribution in [3.8, 4) is 0 Å². The van der Waals surface area contributed by atoms with Gasteiger partial charge in [0, 0.05) is 16.0 Å². The number of hydrogen-bond acceptors (Lipinski definition) is 3. The molecular formula is C14H19Cl3N2OS. The Morgan fingerprint density at radius 2 is 2.05 bits per heavy atom. The minimum Gasteiger partial charge on any atom is -0.352 e. The summed E-state index contributed by atoms with van der Waals surface area (Å²) in [4.78, 5) is 13.0. The molecule has 0 bridgehead atoms. The van der Waals surface area contributed by atoms with Crippen LogP contribution in [-0.2, 0) is 4.79 Å². The van der Waals surface area contributed by atoms with Gasteiger partial charge in [-0.1, -0.05) is 23.2 Å². The first-order valence-corrected chi connectivity index (χ1v) is 8.32. The number of rotatable bonds is 4. The van der Waals surface area contributed by atoms with Crippen molar-refractivity contribution in [3.05, 3.63) is 28.2 Å². The standard InChI is InChI=1S/C14H18Cl2N2OS.ClH/c1-9(14(19)18-11-4-6-17-7-5-11)20-13-8-10(15)2-3-12(13)16;/h2-3,8-9,11,17H,4-7H2,1H3,(H,18,19);1H. The van der Waals surface area contributed by atoms with Gasteiger partial charge in [0.25, 0.3) is 0 Å². The number of nitrogens with one attached hydrogen (secondary N) is 2. The van der Waals surface area contributed by atoms with Crippen molar-refractivity contribution in [1.82, 2.24) is 10.6 Å². The summed E-state index contributed by atoms with van der Waals surface area (Å²) in [5.74, 6) is 0.0537. The van der Waals surface area contributed by atoms with E-state index in [4.69, 9.17) is 23.2 Å². The molecule has 1 unspecified atom stereocenters. The maximum absolute atomic E-state index is 12.2. The van der Waals surface area contributed by atoms with Crippen LogP contribution in [0.15, 0.2) is 23.1 Å². The lowest BCUT2D eigenvalue weighted by Gasteiger charge is -2.25. The van der Waals surface area contributed by atoms with Crippen LogP contribution in [0.1, 0.15) is 19.8 Å². The van der Waals surface area contributed by atoms with E-state index in [2.05, 4.69) is 10.6 Å². The summed E-state index contributed by atoms with van der Waals surface area (Å²) in [7, 11) is 0. The first-order valence-electron chi connectivity index (χ1n) is 6.69. The number of amides is 1. The van der Waals surface area contributed by atoms with E-state index in [9.17, 15) is 4.79 Å². The summed E-state index contributed by atoms with van der Waals surface area (Å²) in [6.07, 6.45) is 1.97. The number of halogens is 3. The zero-order valence-corrected chi connectivity index (χ0v) is 14.8. The first-order chi connectivity index (χ1) is 9.56. The lowest BCUT2D eigenvalue weighted by molar-refractivity contribution is -0.121. The fraction of sp³-hybridized carbons (Fsp3) is 0.500. The smallest absolute Gasteiger partial charge is 0.233 e. The summed E-state index contributed by atoms with van der Waals surface area (Å²) in [6, 6.07) is 5.57. The number of thioether (sulfide) groups is 1. The van der Waals surface area contributed by atoms with Gasteiger partial charge in [0.1, 0.15) is 0 Å². The van der Waals surface area contributed by atoms with E-state index in [-0.39, 0.29) is 29.6 Å². The van der Waals surface area contributed by atoms with Crippen molar-refractivity contribution in [3.63, 3.8) is 0 Å². The fourth-order valence-electron chi connectivity index (χ4n) is 2.10. The van der Waals surface area contributed by atoms with E-state index < -0.39 is 0 Å². The van der Waals surface area contributed by atoms with Gasteiger partial charge in [0.2, 0.25) is 5.91 Å². The molecule has 1 fully saturated rings. The second-order valence-electron chi connectivity index (χ2n) is 4.87. The molecule has 1 heterocycles. The summed E-state index contributed by atoms with van der Waals surface area (Å²) in [5, 5.41) is 7.44. The van der Waals surface area contributed by atoms with Crippen LogP contribution in [-0.4, -0.2) is 30.3 Å². The van der Waals surface area contributed by atoms with Crippen molar-refractivity contribution >= 4 is 53.3 Å². The summed E-state index contributed by atoms with van der Waals surface area (Å²) in [6.45, 7) is 3.82. The normalized spacial score (nSPS) is 16.9. The highest BCUT2D eigenvalue weighted by Crippen LogP contribution is 2.32. The monoisotopic (exact) mass is 368 g/mol. The third-order valence-corrected chi connectivity index (χ3v) is 5.09. The quantitative estimate of drug-likeness (QED) is 0.794. The van der Waals surface area contributed by atoms with E-state index in [1.165, 1.54) is 11.8 Å². The summed E-state index contributed by atoms with van der Waals surface area (Å²) in [5.41, 5.74) is 0. The van der Waals surface area contributed by atoms with Gasteiger partial charge >= 0.3 is 0 Å². The lowest BCUT2D eigenvalue weighted by atomic mass is 10.1. The number of hydrogen-bond donors (Lipinski definition) is 2. The maximum Gasteiger partial charge on any atom is 0.233 e. The van der Waals surface area contributed by atoms with Crippen LogP contribution in [0.5, 0.6) is 0 Å². The van der Waals surface area contributed by atoms with Gasteiger partial charge in [-0.05, 0) is 51.1 Å². The Bertz CT molecular complexity index is 481. The number of piperidine rings is 1. The van der Waals surface area contributed by atoms with Crippen molar-refractivity contribution in [2.45, 2.75) is 36.0 Å². The minimum absolute atomic E-state index is 0. The molecule has 7 heteroatoms. The van der Waals surface area contributed by atoms with Crippen molar-refractivity contribution in [2.24, 2.45) is 0 Å². The van der Waals surface area contributed by atoms with Crippen LogP contribution in [0.4, 0.5) is 0 Å². The molecule has 1 aliphatic heterocycles. The molecule has 3 nitrogen and oxygen atoms in total. The molecule has 1 aromatic rings. The molecule has 1 aromatic carbocycles. The van der Waals surface area contributed by atoms with Crippen molar-refractivity contribution in [2.75, 3.05) is 13.1 Å². The van der Waals surface area contributed by atoms with Crippen molar-refractivity contribution in [1.29, 1.82) is 0 Å². The van der Waals surface area contributed by atoms with Crippen LogP contribution < -0.4 is 10.6 Å². The van der Waals surface area contributed by atoms with E-state index in [0.29, 0.717) is 10.0 Å². The molecule has 1 saturated heterocycles.